The van der Waals surface area contributed by atoms with E-state index < -0.39 is 11.5 Å². The molecule has 2 N–H and O–H groups in total. The van der Waals surface area contributed by atoms with Gasteiger partial charge < -0.3 is 10.0 Å². The van der Waals surface area contributed by atoms with E-state index in [1.807, 2.05) is 0 Å². The fourth-order valence-electron chi connectivity index (χ4n) is 1.30. The van der Waals surface area contributed by atoms with Gasteiger partial charge in [0, 0.05) is 13.1 Å². The Labute approximate surface area is 89.4 Å². The van der Waals surface area contributed by atoms with Crippen LogP contribution in [-0.4, -0.2) is 47.1 Å². The Morgan fingerprint density at radius 2 is 2.07 bits per heavy atom. The maximum Gasteiger partial charge on any atom is 0.323 e. The van der Waals surface area contributed by atoms with Crippen LogP contribution < -0.4 is 5.32 Å². The topological polar surface area (TPSA) is 69.6 Å². The molecule has 0 saturated carbocycles. The molecule has 0 spiro atoms. The molecule has 1 atom stereocenters. The number of hydrogen-bond donors (Lipinski definition) is 2. The SMILES string of the molecule is CCC(C)(NCC(=O)N1CCC1)C(=O)O. The lowest BCUT2D eigenvalue weighted by atomic mass is 9.99. The second kappa shape index (κ2) is 4.61. The van der Waals surface area contributed by atoms with E-state index in [1.165, 1.54) is 0 Å². The van der Waals surface area contributed by atoms with Crippen molar-refractivity contribution in [3.63, 3.8) is 0 Å². The fourth-order valence-corrected chi connectivity index (χ4v) is 1.30. The van der Waals surface area contributed by atoms with Crippen LogP contribution in [0.2, 0.25) is 0 Å². The van der Waals surface area contributed by atoms with Gasteiger partial charge in [0.25, 0.3) is 0 Å². The van der Waals surface area contributed by atoms with Crippen molar-refractivity contribution in [3.05, 3.63) is 0 Å². The maximum absolute atomic E-state index is 11.5. The predicted octanol–water partition coefficient (Wildman–Crippen LogP) is 0.0616. The molecule has 0 aliphatic carbocycles. The van der Waals surface area contributed by atoms with Gasteiger partial charge in [-0.2, -0.15) is 0 Å². The number of carbonyl (C=O) groups is 2. The molecule has 15 heavy (non-hydrogen) atoms. The van der Waals surface area contributed by atoms with Crippen molar-refractivity contribution >= 4 is 11.9 Å². The molecular formula is C10H18N2O3. The third kappa shape index (κ3) is 2.68. The van der Waals surface area contributed by atoms with Crippen molar-refractivity contribution in [3.8, 4) is 0 Å². The average Bonchev–Trinajstić information content (AvgIpc) is 2.11. The Morgan fingerprint density at radius 3 is 2.40 bits per heavy atom. The first kappa shape index (κ1) is 12.0. The minimum absolute atomic E-state index is 0.0119. The monoisotopic (exact) mass is 214 g/mol. The normalized spacial score (nSPS) is 19.2. The first-order valence-corrected chi connectivity index (χ1v) is 5.26. The molecule has 86 valence electrons. The maximum atomic E-state index is 11.5. The molecule has 0 aromatic carbocycles. The van der Waals surface area contributed by atoms with Crippen LogP contribution in [0.1, 0.15) is 26.7 Å². The molecule has 1 saturated heterocycles. The number of aliphatic carboxylic acids is 1. The highest BCUT2D eigenvalue weighted by Gasteiger charge is 2.32. The Kier molecular flexibility index (Phi) is 3.68. The number of amides is 1. The highest BCUT2D eigenvalue weighted by molar-refractivity contribution is 5.82. The van der Waals surface area contributed by atoms with E-state index >= 15 is 0 Å². The Bertz CT molecular complexity index is 263. The van der Waals surface area contributed by atoms with Crippen molar-refractivity contribution in [2.75, 3.05) is 19.6 Å². The first-order valence-electron chi connectivity index (χ1n) is 5.26. The van der Waals surface area contributed by atoms with Gasteiger partial charge in [-0.3, -0.25) is 14.9 Å². The van der Waals surface area contributed by atoms with Crippen molar-refractivity contribution in [1.82, 2.24) is 10.2 Å². The smallest absolute Gasteiger partial charge is 0.323 e. The van der Waals surface area contributed by atoms with Gasteiger partial charge in [-0.05, 0) is 19.8 Å². The van der Waals surface area contributed by atoms with Crippen LogP contribution in [0.5, 0.6) is 0 Å². The highest BCUT2D eigenvalue weighted by atomic mass is 16.4. The molecule has 1 fully saturated rings. The second-order valence-electron chi connectivity index (χ2n) is 4.08. The molecule has 1 amide bonds. The molecule has 1 heterocycles. The lowest BCUT2D eigenvalue weighted by Gasteiger charge is -2.32. The summed E-state index contributed by atoms with van der Waals surface area (Å²) in [4.78, 5) is 24.1. The summed E-state index contributed by atoms with van der Waals surface area (Å²) in [6.45, 7) is 5.09. The van der Waals surface area contributed by atoms with Crippen LogP contribution in [0, 0.1) is 0 Å². The van der Waals surface area contributed by atoms with Crippen molar-refractivity contribution < 1.29 is 14.7 Å². The van der Waals surface area contributed by atoms with Gasteiger partial charge in [-0.15, -0.1) is 0 Å². The standard InChI is InChI=1S/C10H18N2O3/c1-3-10(2,9(14)15)11-7-8(13)12-5-4-6-12/h11H,3-7H2,1-2H3,(H,14,15). The van der Waals surface area contributed by atoms with Gasteiger partial charge in [0.05, 0.1) is 6.54 Å². The number of rotatable bonds is 5. The second-order valence-corrected chi connectivity index (χ2v) is 4.08. The molecule has 5 nitrogen and oxygen atoms in total. The van der Waals surface area contributed by atoms with E-state index in [0.29, 0.717) is 6.42 Å². The van der Waals surface area contributed by atoms with Crippen molar-refractivity contribution in [1.29, 1.82) is 0 Å². The number of carbonyl (C=O) groups excluding carboxylic acids is 1. The Morgan fingerprint density at radius 1 is 1.47 bits per heavy atom. The van der Waals surface area contributed by atoms with Crippen LogP contribution in [0.15, 0.2) is 0 Å². The summed E-state index contributed by atoms with van der Waals surface area (Å²) in [5, 5.41) is 11.8. The summed E-state index contributed by atoms with van der Waals surface area (Å²) in [5.74, 6) is -0.927. The lowest BCUT2D eigenvalue weighted by molar-refractivity contribution is -0.144. The number of carboxylic acid groups (broad SMARTS) is 1. The molecule has 0 aromatic rings. The molecule has 0 radical (unpaired) electrons. The highest BCUT2D eigenvalue weighted by Crippen LogP contribution is 2.10. The van der Waals surface area contributed by atoms with Crippen LogP contribution in [0.3, 0.4) is 0 Å². The van der Waals surface area contributed by atoms with E-state index in [4.69, 9.17) is 5.11 Å². The van der Waals surface area contributed by atoms with Gasteiger partial charge in [-0.25, -0.2) is 0 Å². The molecule has 1 aliphatic heterocycles. The molecule has 1 rings (SSSR count). The number of carboxylic acids is 1. The quantitative estimate of drug-likeness (QED) is 0.679. The van der Waals surface area contributed by atoms with Crippen molar-refractivity contribution in [2.24, 2.45) is 0 Å². The Balaban J connectivity index is 2.39. The zero-order valence-corrected chi connectivity index (χ0v) is 9.25. The molecule has 1 aliphatic rings. The minimum Gasteiger partial charge on any atom is -0.480 e. The van der Waals surface area contributed by atoms with Crippen molar-refractivity contribution in [2.45, 2.75) is 32.2 Å². The molecular weight excluding hydrogens is 196 g/mol. The third-order valence-electron chi connectivity index (χ3n) is 3.02. The first-order chi connectivity index (χ1) is 6.99. The minimum atomic E-state index is -0.999. The van der Waals surface area contributed by atoms with Gasteiger partial charge in [0.15, 0.2) is 0 Å². The van der Waals surface area contributed by atoms with Gasteiger partial charge in [-0.1, -0.05) is 6.92 Å². The van der Waals surface area contributed by atoms with E-state index in [2.05, 4.69) is 5.32 Å². The zero-order chi connectivity index (χ0) is 11.5. The van der Waals surface area contributed by atoms with Gasteiger partial charge >= 0.3 is 5.97 Å². The average molecular weight is 214 g/mol. The van der Waals surface area contributed by atoms with E-state index in [-0.39, 0.29) is 12.5 Å². The molecule has 1 unspecified atom stereocenters. The number of hydrogen-bond acceptors (Lipinski definition) is 3. The summed E-state index contributed by atoms with van der Waals surface area (Å²) in [5.41, 5.74) is -0.999. The third-order valence-corrected chi connectivity index (χ3v) is 3.02. The number of nitrogens with one attached hydrogen (secondary N) is 1. The summed E-state index contributed by atoms with van der Waals surface area (Å²) < 4.78 is 0. The van der Waals surface area contributed by atoms with Gasteiger partial charge in [0.2, 0.25) is 5.91 Å². The van der Waals surface area contributed by atoms with Gasteiger partial charge in [0.1, 0.15) is 5.54 Å². The molecule has 0 bridgehead atoms. The summed E-state index contributed by atoms with van der Waals surface area (Å²) in [6, 6.07) is 0. The summed E-state index contributed by atoms with van der Waals surface area (Å²) in [7, 11) is 0. The van der Waals surface area contributed by atoms with E-state index in [0.717, 1.165) is 19.5 Å². The molecule has 0 aromatic heterocycles. The zero-order valence-electron chi connectivity index (χ0n) is 9.25. The summed E-state index contributed by atoms with van der Waals surface area (Å²) >= 11 is 0. The number of nitrogens with zero attached hydrogens (tertiary/aromatic N) is 1. The van der Waals surface area contributed by atoms with E-state index in [9.17, 15) is 9.59 Å². The number of likely N-dealkylation sites (tertiary alicyclic amines) is 1. The fraction of sp³-hybridized carbons (Fsp3) is 0.800. The van der Waals surface area contributed by atoms with Crippen LogP contribution in [-0.2, 0) is 9.59 Å². The summed E-state index contributed by atoms with van der Waals surface area (Å²) in [6.07, 6.45) is 1.51. The lowest BCUT2D eigenvalue weighted by Crippen LogP contribution is -2.54. The predicted molar refractivity (Wildman–Crippen MR) is 55.5 cm³/mol. The Hall–Kier alpha value is -1.10. The largest absolute Gasteiger partial charge is 0.480 e. The molecule has 5 heteroatoms. The van der Waals surface area contributed by atoms with Crippen LogP contribution in [0.4, 0.5) is 0 Å². The van der Waals surface area contributed by atoms with E-state index in [1.54, 1.807) is 18.7 Å². The van der Waals surface area contributed by atoms with Crippen LogP contribution >= 0.6 is 0 Å². The van der Waals surface area contributed by atoms with Crippen LogP contribution in [0.25, 0.3) is 0 Å².